The van der Waals surface area contributed by atoms with Crippen molar-refractivity contribution in [2.24, 2.45) is 23.5 Å². The molecule has 2 aliphatic carbocycles. The Morgan fingerprint density at radius 3 is 2.56 bits per heavy atom. The van der Waals surface area contributed by atoms with E-state index in [2.05, 4.69) is 10.3 Å². The largest absolute Gasteiger partial charge is 0.476 e. The molecule has 1 aromatic rings. The van der Waals surface area contributed by atoms with E-state index in [0.717, 1.165) is 12.8 Å². The van der Waals surface area contributed by atoms with Gasteiger partial charge in [-0.2, -0.15) is 0 Å². The molecule has 2 atom stereocenters. The van der Waals surface area contributed by atoms with Gasteiger partial charge in [0, 0.05) is 24.2 Å². The highest BCUT2D eigenvalue weighted by atomic mass is 35.5. The van der Waals surface area contributed by atoms with E-state index in [1.807, 2.05) is 0 Å². The van der Waals surface area contributed by atoms with E-state index in [1.54, 1.807) is 18.3 Å². The lowest BCUT2D eigenvalue weighted by atomic mass is 9.65. The minimum atomic E-state index is 0. The Morgan fingerprint density at radius 1 is 1.28 bits per heavy atom. The normalized spacial score (nSPS) is 27.4. The summed E-state index contributed by atoms with van der Waals surface area (Å²) in [5.74, 6) is 1.81. The van der Waals surface area contributed by atoms with Crippen LogP contribution in [-0.2, 0) is 4.79 Å². The number of aromatic nitrogens is 1. The summed E-state index contributed by atoms with van der Waals surface area (Å²) in [4.78, 5) is 16.4. The third kappa shape index (κ3) is 5.88. The summed E-state index contributed by atoms with van der Waals surface area (Å²) in [6.45, 7) is 0.889. The monoisotopic (exact) mass is 409 g/mol. The van der Waals surface area contributed by atoms with Crippen molar-refractivity contribution in [2.45, 2.75) is 38.1 Å². The fraction of sp³-hybridized carbons (Fsp3) is 0.647. The topological polar surface area (TPSA) is 77.2 Å². The van der Waals surface area contributed by atoms with Gasteiger partial charge in [-0.25, -0.2) is 4.98 Å². The molecule has 1 heterocycles. The van der Waals surface area contributed by atoms with Crippen LogP contribution in [0.3, 0.4) is 0 Å². The molecule has 0 saturated heterocycles. The molecule has 0 spiro atoms. The maximum atomic E-state index is 12.4. The first-order valence-electron chi connectivity index (χ1n) is 8.41. The molecule has 1 amide bonds. The van der Waals surface area contributed by atoms with Gasteiger partial charge in [-0.15, -0.1) is 24.8 Å². The van der Waals surface area contributed by atoms with Gasteiger partial charge in [0.15, 0.2) is 0 Å². The van der Waals surface area contributed by atoms with Crippen LogP contribution in [0.4, 0.5) is 0 Å². The van der Waals surface area contributed by atoms with Crippen LogP contribution in [0.15, 0.2) is 18.3 Å². The molecule has 0 aromatic carbocycles. The predicted octanol–water partition coefficient (Wildman–Crippen LogP) is 3.23. The van der Waals surface area contributed by atoms with Gasteiger partial charge in [0.2, 0.25) is 11.8 Å². The molecule has 25 heavy (non-hydrogen) atoms. The minimum Gasteiger partial charge on any atom is -0.476 e. The Morgan fingerprint density at radius 2 is 1.96 bits per heavy atom. The number of halogens is 3. The average molecular weight is 411 g/mol. The van der Waals surface area contributed by atoms with Crippen LogP contribution in [0.25, 0.3) is 0 Å². The molecule has 0 radical (unpaired) electrons. The minimum absolute atomic E-state index is 0. The number of hydrogen-bond donors (Lipinski definition) is 2. The van der Waals surface area contributed by atoms with Crippen LogP contribution in [0.5, 0.6) is 5.88 Å². The lowest BCUT2D eigenvalue weighted by molar-refractivity contribution is -0.128. The molecule has 2 unspecified atom stereocenters. The van der Waals surface area contributed by atoms with E-state index in [4.69, 9.17) is 22.1 Å². The van der Waals surface area contributed by atoms with Crippen LogP contribution in [0.1, 0.15) is 32.1 Å². The Kier molecular flexibility index (Phi) is 9.28. The standard InChI is InChI=1S/C17H24ClN3O2.2ClH/c18-14-4-5-15(21-10-14)23-7-6-20-17(22)13-8-11-2-1-3-12(9-13)16(11)19;;/h4-5,10-13,16H,1-3,6-9,19H2,(H,20,22);2*1H. The SMILES string of the molecule is Cl.Cl.NC1C2CCCC1CC(C(=O)NCCOc1ccc(Cl)cn1)C2. The van der Waals surface area contributed by atoms with E-state index < -0.39 is 0 Å². The zero-order chi connectivity index (χ0) is 16.2. The van der Waals surface area contributed by atoms with Gasteiger partial charge in [0.1, 0.15) is 6.61 Å². The second-order valence-corrected chi connectivity index (χ2v) is 7.09. The van der Waals surface area contributed by atoms with Crippen molar-refractivity contribution in [1.29, 1.82) is 0 Å². The van der Waals surface area contributed by atoms with Gasteiger partial charge < -0.3 is 15.8 Å². The van der Waals surface area contributed by atoms with Crippen LogP contribution in [0, 0.1) is 17.8 Å². The van der Waals surface area contributed by atoms with Crippen LogP contribution < -0.4 is 15.8 Å². The second kappa shape index (κ2) is 10.4. The number of nitrogens with one attached hydrogen (secondary N) is 1. The number of rotatable bonds is 5. The van der Waals surface area contributed by atoms with E-state index in [-0.39, 0.29) is 36.6 Å². The molecule has 2 saturated carbocycles. The van der Waals surface area contributed by atoms with E-state index in [0.29, 0.717) is 41.9 Å². The van der Waals surface area contributed by atoms with Gasteiger partial charge in [0.05, 0.1) is 11.6 Å². The number of carbonyl (C=O) groups excluding carboxylic acids is 1. The van der Waals surface area contributed by atoms with Crippen molar-refractivity contribution in [1.82, 2.24) is 10.3 Å². The van der Waals surface area contributed by atoms with Crippen molar-refractivity contribution in [3.63, 3.8) is 0 Å². The third-order valence-electron chi connectivity index (χ3n) is 5.14. The lowest BCUT2D eigenvalue weighted by Gasteiger charge is -2.43. The lowest BCUT2D eigenvalue weighted by Crippen LogP contribution is -2.49. The molecule has 3 N–H and O–H groups in total. The highest BCUT2D eigenvalue weighted by Gasteiger charge is 2.40. The Balaban J connectivity index is 0.00000156. The molecule has 0 aliphatic heterocycles. The van der Waals surface area contributed by atoms with Gasteiger partial charge >= 0.3 is 0 Å². The maximum absolute atomic E-state index is 12.4. The number of pyridine rings is 1. The summed E-state index contributed by atoms with van der Waals surface area (Å²) >= 11 is 5.77. The summed E-state index contributed by atoms with van der Waals surface area (Å²) in [5.41, 5.74) is 6.28. The van der Waals surface area contributed by atoms with Crippen LogP contribution in [0.2, 0.25) is 5.02 Å². The zero-order valence-electron chi connectivity index (χ0n) is 14.0. The Labute approximate surface area is 166 Å². The summed E-state index contributed by atoms with van der Waals surface area (Å²) in [6.07, 6.45) is 7.02. The predicted molar refractivity (Wildman–Crippen MR) is 104 cm³/mol. The summed E-state index contributed by atoms with van der Waals surface area (Å²) in [6, 6.07) is 3.74. The number of hydrogen-bond acceptors (Lipinski definition) is 4. The molecule has 142 valence electrons. The van der Waals surface area contributed by atoms with E-state index in [1.165, 1.54) is 19.3 Å². The van der Waals surface area contributed by atoms with Crippen LogP contribution >= 0.6 is 36.4 Å². The first kappa shape index (κ1) is 22.3. The quantitative estimate of drug-likeness (QED) is 0.731. The fourth-order valence-electron chi connectivity index (χ4n) is 3.93. The summed E-state index contributed by atoms with van der Waals surface area (Å²) < 4.78 is 5.49. The van der Waals surface area contributed by atoms with Gasteiger partial charge in [-0.05, 0) is 43.6 Å². The number of fused-ring (bicyclic) bond motifs is 2. The summed E-state index contributed by atoms with van der Waals surface area (Å²) in [5, 5.41) is 3.56. The number of ether oxygens (including phenoxy) is 1. The number of amides is 1. The first-order chi connectivity index (χ1) is 11.1. The number of carbonyl (C=O) groups is 1. The highest BCUT2D eigenvalue weighted by molar-refractivity contribution is 6.30. The molecule has 8 heteroatoms. The fourth-order valence-corrected chi connectivity index (χ4v) is 4.04. The molecule has 2 bridgehead atoms. The number of nitrogens with zero attached hydrogens (tertiary/aromatic N) is 1. The Hall–Kier alpha value is -0.750. The average Bonchev–Trinajstić information content (AvgIpc) is 2.53. The van der Waals surface area contributed by atoms with Crippen molar-refractivity contribution >= 4 is 42.3 Å². The molecule has 2 fully saturated rings. The molecular weight excluding hydrogens is 385 g/mol. The van der Waals surface area contributed by atoms with E-state index >= 15 is 0 Å². The van der Waals surface area contributed by atoms with Crippen molar-refractivity contribution < 1.29 is 9.53 Å². The van der Waals surface area contributed by atoms with Gasteiger partial charge in [0.25, 0.3) is 0 Å². The molecule has 1 aromatic heterocycles. The number of nitrogens with two attached hydrogens (primary N) is 1. The van der Waals surface area contributed by atoms with Crippen LogP contribution in [-0.4, -0.2) is 30.1 Å². The smallest absolute Gasteiger partial charge is 0.223 e. The van der Waals surface area contributed by atoms with Crippen molar-refractivity contribution in [3.8, 4) is 5.88 Å². The van der Waals surface area contributed by atoms with E-state index in [9.17, 15) is 4.79 Å². The van der Waals surface area contributed by atoms with Gasteiger partial charge in [-0.1, -0.05) is 18.0 Å². The molecule has 5 nitrogen and oxygen atoms in total. The second-order valence-electron chi connectivity index (χ2n) is 6.65. The van der Waals surface area contributed by atoms with Crippen molar-refractivity contribution in [3.05, 3.63) is 23.4 Å². The first-order valence-corrected chi connectivity index (χ1v) is 8.79. The highest BCUT2D eigenvalue weighted by Crippen LogP contribution is 2.41. The maximum Gasteiger partial charge on any atom is 0.223 e. The molecule has 3 rings (SSSR count). The molecular formula is C17H26Cl3N3O2. The summed E-state index contributed by atoms with van der Waals surface area (Å²) in [7, 11) is 0. The molecule has 2 aliphatic rings. The zero-order valence-corrected chi connectivity index (χ0v) is 16.4. The third-order valence-corrected chi connectivity index (χ3v) is 5.36. The van der Waals surface area contributed by atoms with Gasteiger partial charge in [-0.3, -0.25) is 4.79 Å². The Bertz CT molecular complexity index is 530. The van der Waals surface area contributed by atoms with Crippen molar-refractivity contribution in [2.75, 3.05) is 13.2 Å².